The monoisotopic (exact) mass is 333 g/mol. The van der Waals surface area contributed by atoms with Gasteiger partial charge in [0.05, 0.1) is 10.9 Å². The quantitative estimate of drug-likeness (QED) is 0.800. The van der Waals surface area contributed by atoms with Crippen LogP contribution in [-0.4, -0.2) is 28.3 Å². The molecule has 0 bridgehead atoms. The molecule has 1 aliphatic carbocycles. The van der Waals surface area contributed by atoms with E-state index < -0.39 is 17.2 Å². The Balaban J connectivity index is 2.68. The van der Waals surface area contributed by atoms with Gasteiger partial charge >= 0.3 is 6.09 Å². The van der Waals surface area contributed by atoms with Crippen LogP contribution >= 0.6 is 15.9 Å². The Bertz CT molecular complexity index is 330. The maximum absolute atomic E-state index is 11.9. The fourth-order valence-corrected chi connectivity index (χ4v) is 2.72. The van der Waals surface area contributed by atoms with Crippen molar-refractivity contribution in [1.82, 2.24) is 5.32 Å². The molecule has 5 heteroatoms. The molecule has 0 radical (unpaired) electrons. The van der Waals surface area contributed by atoms with Crippen molar-refractivity contribution >= 4 is 27.8 Å². The molecule has 0 aromatic heterocycles. The van der Waals surface area contributed by atoms with E-state index in [-0.39, 0.29) is 5.78 Å². The molecule has 1 N–H and O–H groups in total. The molecule has 0 saturated heterocycles. The van der Waals surface area contributed by atoms with Gasteiger partial charge in [-0.15, -0.1) is 0 Å². The molecule has 0 heterocycles. The van der Waals surface area contributed by atoms with Gasteiger partial charge in [0.15, 0.2) is 0 Å². The van der Waals surface area contributed by atoms with Crippen LogP contribution in [0.15, 0.2) is 0 Å². The molecule has 19 heavy (non-hydrogen) atoms. The summed E-state index contributed by atoms with van der Waals surface area (Å²) in [5, 5.41) is 3.29. The van der Waals surface area contributed by atoms with Crippen LogP contribution in [0.3, 0.4) is 0 Å². The molecule has 1 fully saturated rings. The molecule has 1 rings (SSSR count). The lowest BCUT2D eigenvalue weighted by molar-refractivity contribution is -0.118. The second-order valence-corrected chi connectivity index (χ2v) is 6.88. The van der Waals surface area contributed by atoms with Crippen molar-refractivity contribution in [1.29, 1.82) is 0 Å². The van der Waals surface area contributed by atoms with Crippen molar-refractivity contribution in [2.45, 2.75) is 70.4 Å². The number of ether oxygens (including phenoxy) is 1. The average molecular weight is 334 g/mol. The molecule has 0 spiro atoms. The number of alkyl halides is 1. The Morgan fingerprint density at radius 1 is 1.21 bits per heavy atom. The standard InChI is InChI=1S/C14H24BrNO3/c1-13(2,3)19-12(18)16-14(9-11(17)10-15)7-5-4-6-8-14/h4-10H2,1-3H3,(H,16,18). The fraction of sp³-hybridized carbons (Fsp3) is 0.857. The number of carbonyl (C=O) groups excluding carboxylic acids is 2. The second-order valence-electron chi connectivity index (χ2n) is 6.32. The van der Waals surface area contributed by atoms with Crippen molar-refractivity contribution in [3.63, 3.8) is 0 Å². The van der Waals surface area contributed by atoms with E-state index in [1.807, 2.05) is 20.8 Å². The highest BCUT2D eigenvalue weighted by Gasteiger charge is 2.36. The van der Waals surface area contributed by atoms with Gasteiger partial charge in [0, 0.05) is 6.42 Å². The number of nitrogens with one attached hydrogen (secondary N) is 1. The van der Waals surface area contributed by atoms with Gasteiger partial charge in [0.2, 0.25) is 0 Å². The second kappa shape index (κ2) is 6.73. The van der Waals surface area contributed by atoms with Crippen molar-refractivity contribution in [3.8, 4) is 0 Å². The van der Waals surface area contributed by atoms with Crippen molar-refractivity contribution in [3.05, 3.63) is 0 Å². The Morgan fingerprint density at radius 3 is 2.26 bits per heavy atom. The maximum Gasteiger partial charge on any atom is 0.408 e. The zero-order valence-corrected chi connectivity index (χ0v) is 13.6. The van der Waals surface area contributed by atoms with Crippen LogP contribution in [-0.2, 0) is 9.53 Å². The SMILES string of the molecule is CC(C)(C)OC(=O)NC1(CC(=O)CBr)CCCCC1. The van der Waals surface area contributed by atoms with E-state index in [0.29, 0.717) is 11.8 Å². The lowest BCUT2D eigenvalue weighted by atomic mass is 9.78. The highest BCUT2D eigenvalue weighted by atomic mass is 79.9. The highest BCUT2D eigenvalue weighted by Crippen LogP contribution is 2.32. The lowest BCUT2D eigenvalue weighted by Gasteiger charge is -2.38. The van der Waals surface area contributed by atoms with Crippen LogP contribution in [0.5, 0.6) is 0 Å². The third-order valence-electron chi connectivity index (χ3n) is 3.26. The topological polar surface area (TPSA) is 55.4 Å². The first-order chi connectivity index (χ1) is 8.76. The summed E-state index contributed by atoms with van der Waals surface area (Å²) >= 11 is 3.19. The van der Waals surface area contributed by atoms with E-state index in [1.54, 1.807) is 0 Å². The summed E-state index contributed by atoms with van der Waals surface area (Å²) in [7, 11) is 0. The van der Waals surface area contributed by atoms with E-state index in [2.05, 4.69) is 21.2 Å². The van der Waals surface area contributed by atoms with E-state index in [4.69, 9.17) is 4.74 Å². The van der Waals surface area contributed by atoms with E-state index >= 15 is 0 Å². The number of hydrogen-bond donors (Lipinski definition) is 1. The predicted octanol–water partition coefficient (Wildman–Crippen LogP) is 3.57. The molecular weight excluding hydrogens is 310 g/mol. The van der Waals surface area contributed by atoms with Crippen LogP contribution in [0.4, 0.5) is 4.79 Å². The molecule has 1 amide bonds. The van der Waals surface area contributed by atoms with Crippen molar-refractivity contribution in [2.24, 2.45) is 0 Å². The van der Waals surface area contributed by atoms with E-state index in [1.165, 1.54) is 6.42 Å². The molecule has 0 unspecified atom stereocenters. The largest absolute Gasteiger partial charge is 0.444 e. The minimum absolute atomic E-state index is 0.123. The number of hydrogen-bond acceptors (Lipinski definition) is 3. The smallest absolute Gasteiger partial charge is 0.408 e. The molecule has 110 valence electrons. The summed E-state index contributed by atoms with van der Waals surface area (Å²) in [5.74, 6) is 0.123. The Labute approximate surface area is 123 Å². The van der Waals surface area contributed by atoms with Gasteiger partial charge < -0.3 is 10.1 Å². The normalized spacial score (nSPS) is 18.7. The van der Waals surface area contributed by atoms with Crippen LogP contribution in [0.2, 0.25) is 0 Å². The summed E-state index contributed by atoms with van der Waals surface area (Å²) in [6.07, 6.45) is 4.93. The van der Waals surface area contributed by atoms with Crippen LogP contribution in [0.1, 0.15) is 59.3 Å². The summed E-state index contributed by atoms with van der Waals surface area (Å²) in [5.41, 5.74) is -0.926. The Hall–Kier alpha value is -0.580. The zero-order chi connectivity index (χ0) is 14.5. The van der Waals surface area contributed by atoms with Gasteiger partial charge in [0.25, 0.3) is 0 Å². The first kappa shape index (κ1) is 16.5. The van der Waals surface area contributed by atoms with E-state index in [9.17, 15) is 9.59 Å². The number of amides is 1. The van der Waals surface area contributed by atoms with Crippen molar-refractivity contribution < 1.29 is 14.3 Å². The van der Waals surface area contributed by atoms with Crippen molar-refractivity contribution in [2.75, 3.05) is 5.33 Å². The molecule has 0 aromatic rings. The van der Waals surface area contributed by atoms with Gasteiger partial charge in [0.1, 0.15) is 11.4 Å². The molecule has 0 atom stereocenters. The zero-order valence-electron chi connectivity index (χ0n) is 12.1. The summed E-state index contributed by atoms with van der Waals surface area (Å²) in [4.78, 5) is 23.7. The lowest BCUT2D eigenvalue weighted by Crippen LogP contribution is -2.52. The summed E-state index contributed by atoms with van der Waals surface area (Å²) in [6, 6.07) is 0. The van der Waals surface area contributed by atoms with Gasteiger partial charge in [-0.05, 0) is 33.6 Å². The maximum atomic E-state index is 11.9. The van der Waals surface area contributed by atoms with E-state index in [0.717, 1.165) is 25.7 Å². The number of rotatable bonds is 4. The van der Waals surface area contributed by atoms with Crippen LogP contribution in [0.25, 0.3) is 0 Å². The first-order valence-corrected chi connectivity index (χ1v) is 7.97. The number of Topliss-reactive ketones (excluding diaryl/α,β-unsaturated/α-hetero) is 1. The predicted molar refractivity (Wildman–Crippen MR) is 78.6 cm³/mol. The molecule has 0 aliphatic heterocycles. The van der Waals surface area contributed by atoms with Crippen LogP contribution < -0.4 is 5.32 Å². The molecule has 1 aliphatic rings. The molecule has 0 aromatic carbocycles. The third kappa shape index (κ3) is 5.93. The van der Waals surface area contributed by atoms with Gasteiger partial charge in [-0.3, -0.25) is 4.79 Å². The number of ketones is 1. The number of halogens is 1. The number of alkyl carbamates (subject to hydrolysis) is 1. The molecule has 1 saturated carbocycles. The minimum atomic E-state index is -0.515. The highest BCUT2D eigenvalue weighted by molar-refractivity contribution is 9.09. The summed E-state index contributed by atoms with van der Waals surface area (Å²) < 4.78 is 5.31. The number of carbonyl (C=O) groups is 2. The Morgan fingerprint density at radius 2 is 1.79 bits per heavy atom. The van der Waals surface area contributed by atoms with Gasteiger partial charge in [-0.25, -0.2) is 4.79 Å². The third-order valence-corrected chi connectivity index (χ3v) is 3.89. The average Bonchev–Trinajstić information content (AvgIpc) is 2.26. The van der Waals surface area contributed by atoms with Crippen LogP contribution in [0, 0.1) is 0 Å². The minimum Gasteiger partial charge on any atom is -0.444 e. The molecular formula is C14H24BrNO3. The first-order valence-electron chi connectivity index (χ1n) is 6.85. The van der Waals surface area contributed by atoms with Gasteiger partial charge in [-0.2, -0.15) is 0 Å². The fourth-order valence-electron chi connectivity index (χ4n) is 2.52. The van der Waals surface area contributed by atoms with Gasteiger partial charge in [-0.1, -0.05) is 35.2 Å². The summed E-state index contributed by atoms with van der Waals surface area (Å²) in [6.45, 7) is 5.51. The molecule has 4 nitrogen and oxygen atoms in total. The Kier molecular flexibility index (Phi) is 5.83.